The Morgan fingerprint density at radius 2 is 2.20 bits per heavy atom. The summed E-state index contributed by atoms with van der Waals surface area (Å²) in [4.78, 5) is 11.4. The molecule has 6 heteroatoms. The molecule has 25 heavy (non-hydrogen) atoms. The number of ether oxygens (including phenoxy) is 1. The lowest BCUT2D eigenvalue weighted by molar-refractivity contribution is -0.132. The van der Waals surface area contributed by atoms with Gasteiger partial charge in [-0.1, -0.05) is 39.0 Å². The highest BCUT2D eigenvalue weighted by atomic mass is 16.5. The highest BCUT2D eigenvalue weighted by Gasteiger charge is 2.25. The van der Waals surface area contributed by atoms with E-state index < -0.39 is 5.97 Å². The number of rotatable bonds is 10. The maximum absolute atomic E-state index is 11.4. The number of hydrazine groups is 1. The lowest BCUT2D eigenvalue weighted by Gasteiger charge is -2.24. The minimum absolute atomic E-state index is 0.0243. The van der Waals surface area contributed by atoms with Gasteiger partial charge in [-0.05, 0) is 30.9 Å². The highest BCUT2D eigenvalue weighted by Crippen LogP contribution is 2.15. The van der Waals surface area contributed by atoms with Crippen LogP contribution in [0.3, 0.4) is 0 Å². The van der Waals surface area contributed by atoms with E-state index >= 15 is 0 Å². The van der Waals surface area contributed by atoms with E-state index in [1.165, 1.54) is 0 Å². The number of carbonyl (C=O) groups is 1. The largest absolute Gasteiger partial charge is 0.497 e. The van der Waals surface area contributed by atoms with Crippen molar-refractivity contribution in [1.29, 1.82) is 0 Å². The van der Waals surface area contributed by atoms with Gasteiger partial charge in [-0.15, -0.1) is 0 Å². The molecule has 0 saturated carbocycles. The molecule has 1 rings (SSSR count). The van der Waals surface area contributed by atoms with Gasteiger partial charge in [0, 0.05) is 13.1 Å². The van der Waals surface area contributed by atoms with Crippen molar-refractivity contribution in [2.75, 3.05) is 20.7 Å². The molecule has 0 fully saturated rings. The molecule has 0 aromatic carbocycles. The van der Waals surface area contributed by atoms with Crippen LogP contribution in [0, 0.1) is 5.92 Å². The first-order valence-corrected chi connectivity index (χ1v) is 8.68. The molecule has 1 heterocycles. The first kappa shape index (κ1) is 20.8. The Labute approximate surface area is 150 Å². The van der Waals surface area contributed by atoms with E-state index in [-0.39, 0.29) is 6.04 Å². The number of aliphatic carboxylic acids is 1. The van der Waals surface area contributed by atoms with Crippen LogP contribution in [-0.4, -0.2) is 42.8 Å². The van der Waals surface area contributed by atoms with Crippen molar-refractivity contribution in [3.8, 4) is 0 Å². The Kier molecular flexibility index (Phi) is 8.84. The van der Waals surface area contributed by atoms with Crippen LogP contribution in [0.5, 0.6) is 0 Å². The van der Waals surface area contributed by atoms with Crippen molar-refractivity contribution < 1.29 is 14.6 Å². The number of nitrogens with one attached hydrogen (secondary N) is 2. The monoisotopic (exact) mass is 349 g/mol. The van der Waals surface area contributed by atoms with Crippen LogP contribution < -0.4 is 10.7 Å². The lowest BCUT2D eigenvalue weighted by Crippen LogP contribution is -2.38. The van der Waals surface area contributed by atoms with Gasteiger partial charge in [0.15, 0.2) is 0 Å². The molecule has 6 nitrogen and oxygen atoms in total. The van der Waals surface area contributed by atoms with Gasteiger partial charge in [-0.2, -0.15) is 0 Å². The van der Waals surface area contributed by atoms with Crippen LogP contribution in [0.4, 0.5) is 0 Å². The van der Waals surface area contributed by atoms with Crippen LogP contribution in [0.25, 0.3) is 0 Å². The molecule has 0 radical (unpaired) electrons. The summed E-state index contributed by atoms with van der Waals surface area (Å²) >= 11 is 0. The molecule has 1 aliphatic heterocycles. The molecular weight excluding hydrogens is 318 g/mol. The number of allylic oxidation sites excluding steroid dienone is 4. The Balaban J connectivity index is 2.92. The van der Waals surface area contributed by atoms with Crippen molar-refractivity contribution >= 4 is 5.97 Å². The number of nitrogens with zero attached hydrogens (tertiary/aromatic N) is 1. The normalized spacial score (nSPS) is 17.2. The van der Waals surface area contributed by atoms with E-state index in [1.54, 1.807) is 12.1 Å². The number of hydrogen-bond acceptors (Lipinski definition) is 5. The summed E-state index contributed by atoms with van der Waals surface area (Å²) in [5.41, 5.74) is 3.37. The fourth-order valence-electron chi connectivity index (χ4n) is 2.50. The third kappa shape index (κ3) is 7.05. The summed E-state index contributed by atoms with van der Waals surface area (Å²) in [6.45, 7) is 6.68. The molecule has 0 aliphatic carbocycles. The van der Waals surface area contributed by atoms with Gasteiger partial charge in [0.1, 0.15) is 11.6 Å². The molecule has 1 aliphatic rings. The van der Waals surface area contributed by atoms with Crippen LogP contribution in [-0.2, 0) is 9.53 Å². The van der Waals surface area contributed by atoms with Crippen LogP contribution in [0.2, 0.25) is 0 Å². The minimum atomic E-state index is -0.905. The molecule has 0 amide bonds. The van der Waals surface area contributed by atoms with Gasteiger partial charge in [0.25, 0.3) is 0 Å². The molecule has 0 saturated heterocycles. The first-order chi connectivity index (χ1) is 11.9. The summed E-state index contributed by atoms with van der Waals surface area (Å²) in [6.07, 6.45) is 11.7. The standard InChI is InChI=1S/C19H31N3O3/c1-6-7-10-16(25-5)11-8-9-15(12-14(2)3)21-18-17(19(23)24)13-20-22(18)4/h7-11,14-15,20-21H,6,12-13H2,1-5H3,(H,23,24)/b9-8+,10-7-,16-11+. The fraction of sp³-hybridized carbons (Fsp3) is 0.526. The molecule has 0 aromatic rings. The Morgan fingerprint density at radius 3 is 2.76 bits per heavy atom. The van der Waals surface area contributed by atoms with E-state index in [4.69, 9.17) is 4.74 Å². The summed E-state index contributed by atoms with van der Waals surface area (Å²) in [5.74, 6) is 0.968. The van der Waals surface area contributed by atoms with E-state index in [2.05, 4.69) is 31.5 Å². The average molecular weight is 349 g/mol. The summed E-state index contributed by atoms with van der Waals surface area (Å²) < 4.78 is 5.31. The Hall–Kier alpha value is -2.21. The molecule has 3 N–H and O–H groups in total. The van der Waals surface area contributed by atoms with Crippen molar-refractivity contribution in [2.24, 2.45) is 5.92 Å². The van der Waals surface area contributed by atoms with Gasteiger partial charge < -0.3 is 15.2 Å². The van der Waals surface area contributed by atoms with Crippen LogP contribution in [0.15, 0.2) is 47.5 Å². The first-order valence-electron chi connectivity index (χ1n) is 8.68. The zero-order chi connectivity index (χ0) is 18.8. The van der Waals surface area contributed by atoms with Gasteiger partial charge in [0.05, 0.1) is 19.2 Å². The van der Waals surface area contributed by atoms with Crippen molar-refractivity contribution in [3.63, 3.8) is 0 Å². The van der Waals surface area contributed by atoms with Crippen LogP contribution >= 0.6 is 0 Å². The Bertz CT molecular complexity index is 562. The smallest absolute Gasteiger partial charge is 0.336 e. The van der Waals surface area contributed by atoms with E-state index in [0.717, 1.165) is 18.6 Å². The maximum Gasteiger partial charge on any atom is 0.336 e. The number of carboxylic acid groups (broad SMARTS) is 1. The van der Waals surface area contributed by atoms with E-state index in [0.29, 0.717) is 23.9 Å². The quantitative estimate of drug-likeness (QED) is 0.416. The fourth-order valence-corrected chi connectivity index (χ4v) is 2.50. The molecule has 1 unspecified atom stereocenters. The minimum Gasteiger partial charge on any atom is -0.497 e. The van der Waals surface area contributed by atoms with Gasteiger partial charge in [0.2, 0.25) is 0 Å². The van der Waals surface area contributed by atoms with Gasteiger partial charge in [-0.25, -0.2) is 10.2 Å². The van der Waals surface area contributed by atoms with Crippen molar-refractivity contribution in [3.05, 3.63) is 47.5 Å². The Morgan fingerprint density at radius 1 is 1.48 bits per heavy atom. The number of hydrogen-bond donors (Lipinski definition) is 3. The summed E-state index contributed by atoms with van der Waals surface area (Å²) in [7, 11) is 3.46. The second-order valence-electron chi connectivity index (χ2n) is 6.38. The van der Waals surface area contributed by atoms with Crippen molar-refractivity contribution in [1.82, 2.24) is 15.8 Å². The highest BCUT2D eigenvalue weighted by molar-refractivity contribution is 5.88. The number of carboxylic acids is 1. The zero-order valence-corrected chi connectivity index (χ0v) is 15.9. The molecule has 140 valence electrons. The molecule has 0 aromatic heterocycles. The van der Waals surface area contributed by atoms with E-state index in [1.807, 2.05) is 37.4 Å². The zero-order valence-electron chi connectivity index (χ0n) is 15.9. The van der Waals surface area contributed by atoms with Crippen LogP contribution in [0.1, 0.15) is 33.6 Å². The van der Waals surface area contributed by atoms with E-state index in [9.17, 15) is 9.90 Å². The second-order valence-corrected chi connectivity index (χ2v) is 6.38. The molecule has 0 bridgehead atoms. The molecule has 1 atom stereocenters. The third-order valence-electron chi connectivity index (χ3n) is 3.78. The van der Waals surface area contributed by atoms with Gasteiger partial charge in [-0.3, -0.25) is 5.01 Å². The third-order valence-corrected chi connectivity index (χ3v) is 3.78. The summed E-state index contributed by atoms with van der Waals surface area (Å²) in [5, 5.41) is 14.4. The average Bonchev–Trinajstić information content (AvgIpc) is 2.91. The topological polar surface area (TPSA) is 73.8 Å². The van der Waals surface area contributed by atoms with Crippen molar-refractivity contribution in [2.45, 2.75) is 39.7 Å². The maximum atomic E-state index is 11.4. The SMILES string of the molecule is CC\C=C/C(=C\C=C\C(CC(C)C)NC1=C(C(=O)O)CNN1C)OC. The lowest BCUT2D eigenvalue weighted by atomic mass is 10.0. The number of methoxy groups -OCH3 is 1. The summed E-state index contributed by atoms with van der Waals surface area (Å²) in [6, 6.07) is 0.0243. The second kappa shape index (κ2) is 10.6. The predicted molar refractivity (Wildman–Crippen MR) is 100 cm³/mol. The van der Waals surface area contributed by atoms with Gasteiger partial charge >= 0.3 is 5.97 Å². The predicted octanol–water partition coefficient (Wildman–Crippen LogP) is 2.79. The molecular formula is C19H31N3O3. The molecule has 0 spiro atoms.